The fraction of sp³-hybridized carbons (Fsp3) is 0. The zero-order valence-electron chi connectivity index (χ0n) is 24.9. The predicted molar refractivity (Wildman–Crippen MR) is 186 cm³/mol. The van der Waals surface area contributed by atoms with Gasteiger partial charge in [0.2, 0.25) is 0 Å². The van der Waals surface area contributed by atoms with Crippen molar-refractivity contribution in [1.29, 1.82) is 10.5 Å². The van der Waals surface area contributed by atoms with E-state index in [0.29, 0.717) is 29.6 Å². The van der Waals surface area contributed by atoms with Crippen LogP contribution in [0.25, 0.3) is 11.1 Å². The minimum atomic E-state index is 0.276. The Labute approximate surface area is 293 Å². The Morgan fingerprint density at radius 2 is 0.917 bits per heavy atom. The summed E-state index contributed by atoms with van der Waals surface area (Å²) in [6.45, 7) is 0. The third-order valence-corrected chi connectivity index (χ3v) is 6.97. The molecule has 235 valence electrons. The molecular weight excluding hydrogens is 670 g/mol. The van der Waals surface area contributed by atoms with Gasteiger partial charge in [0.1, 0.15) is 40.9 Å². The van der Waals surface area contributed by atoms with Gasteiger partial charge in [0.25, 0.3) is 0 Å². The van der Waals surface area contributed by atoms with Crippen LogP contribution in [0.2, 0.25) is 15.1 Å². The summed E-state index contributed by atoms with van der Waals surface area (Å²) in [5.41, 5.74) is 2.28. The number of rotatable bonds is 7. The highest BCUT2D eigenvalue weighted by Crippen LogP contribution is 2.30. The first kappa shape index (κ1) is 35.3. The van der Waals surface area contributed by atoms with Crippen molar-refractivity contribution < 1.29 is 19.2 Å². The molecule has 2 heterocycles. The number of para-hydroxylation sites is 2. The SMILES string of the molecule is N#Cc1c(Cl)cncc1-c1ccc(Oc2ccccc2)cc1.N#Cc1c(Cl)cncc1Cl.O[B]Oc1ccc(Oc2ccccc2)cc1. The average molecular weight is 693 g/mol. The summed E-state index contributed by atoms with van der Waals surface area (Å²) in [6, 6.07) is 37.5. The number of hydrogen-bond donors (Lipinski definition) is 1. The van der Waals surface area contributed by atoms with Gasteiger partial charge in [0.05, 0.1) is 26.2 Å². The van der Waals surface area contributed by atoms with E-state index in [2.05, 4.69) is 16.0 Å². The summed E-state index contributed by atoms with van der Waals surface area (Å²) >= 11 is 17.1. The number of nitriles is 2. The molecule has 2 aromatic heterocycles. The number of nitrogens with zero attached hydrogens (tertiary/aromatic N) is 4. The molecule has 0 bridgehead atoms. The number of halogens is 3. The molecule has 0 saturated heterocycles. The van der Waals surface area contributed by atoms with E-state index in [1.807, 2.05) is 91.0 Å². The van der Waals surface area contributed by atoms with E-state index in [1.165, 1.54) is 18.6 Å². The van der Waals surface area contributed by atoms with E-state index in [1.54, 1.807) is 30.5 Å². The van der Waals surface area contributed by atoms with Crippen LogP contribution in [-0.2, 0) is 0 Å². The van der Waals surface area contributed by atoms with E-state index in [4.69, 9.17) is 59.2 Å². The molecule has 0 unspecified atom stereocenters. The zero-order valence-corrected chi connectivity index (χ0v) is 27.1. The third kappa shape index (κ3) is 10.5. The second-order valence-electron chi connectivity index (χ2n) is 9.29. The summed E-state index contributed by atoms with van der Waals surface area (Å²) in [5.74, 6) is 3.56. The van der Waals surface area contributed by atoms with Crippen molar-refractivity contribution in [2.45, 2.75) is 0 Å². The fourth-order valence-electron chi connectivity index (χ4n) is 3.88. The van der Waals surface area contributed by atoms with E-state index >= 15 is 0 Å². The molecule has 48 heavy (non-hydrogen) atoms. The largest absolute Gasteiger partial charge is 0.569 e. The Kier molecular flexibility index (Phi) is 13.7. The molecule has 0 aliphatic heterocycles. The van der Waals surface area contributed by atoms with Gasteiger partial charge in [-0.25, -0.2) is 0 Å². The topological polar surface area (TPSA) is 121 Å². The summed E-state index contributed by atoms with van der Waals surface area (Å²) in [4.78, 5) is 7.72. The maximum atomic E-state index is 9.22. The Morgan fingerprint density at radius 3 is 1.35 bits per heavy atom. The van der Waals surface area contributed by atoms with E-state index < -0.39 is 0 Å². The molecular formula is C36H23BCl3N4O4. The third-order valence-electron chi connectivity index (χ3n) is 6.11. The van der Waals surface area contributed by atoms with Gasteiger partial charge < -0.3 is 19.2 Å². The zero-order chi connectivity index (χ0) is 34.1. The molecule has 0 atom stereocenters. The molecule has 6 aromatic rings. The molecule has 1 radical (unpaired) electrons. The highest BCUT2D eigenvalue weighted by Gasteiger charge is 2.10. The monoisotopic (exact) mass is 691 g/mol. The molecule has 0 aliphatic carbocycles. The lowest BCUT2D eigenvalue weighted by molar-refractivity contribution is 0.450. The van der Waals surface area contributed by atoms with Crippen LogP contribution in [0.5, 0.6) is 28.7 Å². The molecule has 12 heteroatoms. The molecule has 1 N–H and O–H groups in total. The van der Waals surface area contributed by atoms with Gasteiger partial charge >= 0.3 is 7.69 Å². The molecule has 8 nitrogen and oxygen atoms in total. The Hall–Kier alpha value is -5.55. The van der Waals surface area contributed by atoms with Crippen LogP contribution in [0.1, 0.15) is 11.1 Å². The van der Waals surface area contributed by atoms with Crippen LogP contribution in [0.3, 0.4) is 0 Å². The summed E-state index contributed by atoms with van der Waals surface area (Å²) < 4.78 is 16.1. The molecule has 0 amide bonds. The molecule has 0 spiro atoms. The highest BCUT2D eigenvalue weighted by molar-refractivity contribution is 6.36. The number of benzene rings is 4. The van der Waals surface area contributed by atoms with Gasteiger partial charge in [0.15, 0.2) is 0 Å². The molecule has 0 saturated carbocycles. The Morgan fingerprint density at radius 1 is 0.521 bits per heavy atom. The lowest BCUT2D eigenvalue weighted by atomic mass is 10.0. The molecule has 0 aliphatic rings. The molecule has 0 fully saturated rings. The van der Waals surface area contributed by atoms with Gasteiger partial charge in [-0.3, -0.25) is 9.97 Å². The maximum Gasteiger partial charge on any atom is 0.569 e. The quantitative estimate of drug-likeness (QED) is 0.164. The minimum absolute atomic E-state index is 0.276. The van der Waals surface area contributed by atoms with Crippen LogP contribution in [0, 0.1) is 22.7 Å². The first-order valence-electron chi connectivity index (χ1n) is 13.9. The summed E-state index contributed by atoms with van der Waals surface area (Å²) in [7, 11) is 0.646. The Balaban J connectivity index is 0.000000175. The second-order valence-corrected chi connectivity index (χ2v) is 10.5. The smallest absolute Gasteiger partial charge is 0.537 e. The number of aromatic nitrogens is 2. The van der Waals surface area contributed by atoms with Crippen LogP contribution in [0.15, 0.2) is 134 Å². The highest BCUT2D eigenvalue weighted by atomic mass is 35.5. The van der Waals surface area contributed by atoms with Gasteiger partial charge in [-0.1, -0.05) is 83.3 Å². The molecule has 6 rings (SSSR count). The van der Waals surface area contributed by atoms with Crippen molar-refractivity contribution in [3.8, 4) is 52.0 Å². The van der Waals surface area contributed by atoms with Crippen molar-refractivity contribution in [2.24, 2.45) is 0 Å². The van der Waals surface area contributed by atoms with Gasteiger partial charge in [-0.15, -0.1) is 0 Å². The predicted octanol–water partition coefficient (Wildman–Crippen LogP) is 9.71. The first-order chi connectivity index (χ1) is 23.4. The molecule has 4 aromatic carbocycles. The number of hydrogen-bond acceptors (Lipinski definition) is 8. The standard InChI is InChI=1S/C18H11ClN2O.C12H10BO3.C6H2Cl2N2/c19-18-12-21-11-17(16(18)10-20)13-6-8-15(9-7-13)22-14-4-2-1-3-5-14;14-13-16-12-8-6-11(7-9-12)15-10-4-2-1-3-5-10;7-5-2-10-3-6(8)4(5)1-9/h1-9,11-12H;1-9,14H;2-3H. The van der Waals surface area contributed by atoms with Crippen molar-refractivity contribution in [3.63, 3.8) is 0 Å². The van der Waals surface area contributed by atoms with Crippen LogP contribution < -0.4 is 14.1 Å². The van der Waals surface area contributed by atoms with Crippen LogP contribution in [0.4, 0.5) is 0 Å². The van der Waals surface area contributed by atoms with Crippen molar-refractivity contribution in [2.75, 3.05) is 0 Å². The normalized spacial score (nSPS) is 9.62. The van der Waals surface area contributed by atoms with Gasteiger partial charge in [-0.05, 0) is 66.2 Å². The summed E-state index contributed by atoms with van der Waals surface area (Å²) in [6.07, 6.45) is 5.87. The van der Waals surface area contributed by atoms with E-state index in [9.17, 15) is 5.26 Å². The number of ether oxygens (including phenoxy) is 2. The van der Waals surface area contributed by atoms with E-state index in [0.717, 1.165) is 28.6 Å². The van der Waals surface area contributed by atoms with Crippen molar-refractivity contribution >= 4 is 42.5 Å². The summed E-state index contributed by atoms with van der Waals surface area (Å²) in [5, 5.41) is 27.0. The van der Waals surface area contributed by atoms with Crippen molar-refractivity contribution in [1.82, 2.24) is 9.97 Å². The van der Waals surface area contributed by atoms with Crippen LogP contribution >= 0.6 is 34.8 Å². The van der Waals surface area contributed by atoms with Crippen LogP contribution in [-0.4, -0.2) is 22.7 Å². The average Bonchev–Trinajstić information content (AvgIpc) is 3.11. The van der Waals surface area contributed by atoms with Crippen molar-refractivity contribution in [3.05, 3.63) is 160 Å². The number of pyridine rings is 2. The maximum absolute atomic E-state index is 9.22. The fourth-order valence-corrected chi connectivity index (χ4v) is 4.53. The van der Waals surface area contributed by atoms with Gasteiger partial charge in [-0.2, -0.15) is 10.5 Å². The lowest BCUT2D eigenvalue weighted by Crippen LogP contribution is -1.99. The Bertz CT molecular complexity index is 1970. The first-order valence-corrected chi connectivity index (χ1v) is 15.1. The van der Waals surface area contributed by atoms with Gasteiger partial charge in [0, 0.05) is 30.4 Å². The van der Waals surface area contributed by atoms with E-state index in [-0.39, 0.29) is 15.6 Å². The minimum Gasteiger partial charge on any atom is -0.537 e. The lowest BCUT2D eigenvalue weighted by Gasteiger charge is -2.08. The second kappa shape index (κ2) is 18.6.